The number of rotatable bonds is 2. The van der Waals surface area contributed by atoms with Crippen molar-refractivity contribution in [1.82, 2.24) is 19.5 Å². The number of nitrogen functional groups attached to an aromatic ring is 1. The highest BCUT2D eigenvalue weighted by Crippen LogP contribution is 2.22. The van der Waals surface area contributed by atoms with Crippen LogP contribution in [0, 0.1) is 0 Å². The molecule has 0 radical (unpaired) electrons. The summed E-state index contributed by atoms with van der Waals surface area (Å²) in [6.07, 6.45) is 1.73. The zero-order valence-corrected chi connectivity index (χ0v) is 12.9. The van der Waals surface area contributed by atoms with Gasteiger partial charge < -0.3 is 15.4 Å². The monoisotopic (exact) mass is 310 g/mol. The molecule has 1 fully saturated rings. The molecule has 7 heteroatoms. The Kier molecular flexibility index (Phi) is 3.34. The van der Waals surface area contributed by atoms with Crippen molar-refractivity contribution in [2.24, 2.45) is 0 Å². The van der Waals surface area contributed by atoms with Crippen LogP contribution >= 0.6 is 0 Å². The molecule has 1 unspecified atom stereocenters. The molecule has 0 bridgehead atoms. The molecule has 0 amide bonds. The van der Waals surface area contributed by atoms with E-state index in [1.165, 1.54) is 0 Å². The molecule has 23 heavy (non-hydrogen) atoms. The maximum Gasteiger partial charge on any atom is 0.239 e. The van der Waals surface area contributed by atoms with Crippen LogP contribution < -0.4 is 10.6 Å². The summed E-state index contributed by atoms with van der Waals surface area (Å²) in [5.41, 5.74) is 7.88. The molecule has 1 aromatic carbocycles. The summed E-state index contributed by atoms with van der Waals surface area (Å²) in [6, 6.07) is 9.95. The Morgan fingerprint density at radius 2 is 2.13 bits per heavy atom. The fourth-order valence-electron chi connectivity index (χ4n) is 2.88. The summed E-state index contributed by atoms with van der Waals surface area (Å²) in [4.78, 5) is 15.7. The van der Waals surface area contributed by atoms with E-state index >= 15 is 0 Å². The number of para-hydroxylation sites is 2. The van der Waals surface area contributed by atoms with Crippen molar-refractivity contribution in [3.63, 3.8) is 0 Å². The second-order valence-corrected chi connectivity index (χ2v) is 5.67. The highest BCUT2D eigenvalue weighted by atomic mass is 16.5. The Morgan fingerprint density at radius 3 is 3.00 bits per heavy atom. The van der Waals surface area contributed by atoms with Crippen LogP contribution in [0.1, 0.15) is 6.92 Å². The Morgan fingerprint density at radius 1 is 1.26 bits per heavy atom. The minimum Gasteiger partial charge on any atom is -0.383 e. The molecular weight excluding hydrogens is 292 g/mol. The number of ether oxygens (including phenoxy) is 1. The van der Waals surface area contributed by atoms with Crippen LogP contribution in [-0.2, 0) is 4.74 Å². The van der Waals surface area contributed by atoms with E-state index in [4.69, 9.17) is 15.5 Å². The van der Waals surface area contributed by atoms with Crippen LogP contribution in [0.4, 0.5) is 11.6 Å². The first-order valence-electron chi connectivity index (χ1n) is 7.64. The van der Waals surface area contributed by atoms with Crippen molar-refractivity contribution < 1.29 is 4.74 Å². The minimum absolute atomic E-state index is 0.255. The molecule has 0 saturated carbocycles. The molecule has 3 aromatic rings. The molecule has 118 valence electrons. The number of nitrogens with zero attached hydrogens (tertiary/aromatic N) is 5. The lowest BCUT2D eigenvalue weighted by atomic mass is 10.2. The average molecular weight is 310 g/mol. The molecule has 1 saturated heterocycles. The molecule has 2 aromatic heterocycles. The Bertz CT molecular complexity index is 845. The predicted molar refractivity (Wildman–Crippen MR) is 88.7 cm³/mol. The van der Waals surface area contributed by atoms with Crippen LogP contribution in [0.3, 0.4) is 0 Å². The maximum atomic E-state index is 6.02. The van der Waals surface area contributed by atoms with Gasteiger partial charge in [0.1, 0.15) is 18.0 Å². The number of benzene rings is 1. The Hall–Kier alpha value is -2.67. The minimum atomic E-state index is 0.255. The highest BCUT2D eigenvalue weighted by molar-refractivity contribution is 5.76. The number of hydrogen-bond donors (Lipinski definition) is 1. The summed E-state index contributed by atoms with van der Waals surface area (Å²) in [5, 5.41) is 0. The van der Waals surface area contributed by atoms with Gasteiger partial charge in [0, 0.05) is 12.6 Å². The van der Waals surface area contributed by atoms with Gasteiger partial charge in [0.15, 0.2) is 0 Å². The Balaban J connectivity index is 1.80. The topological polar surface area (TPSA) is 82.1 Å². The van der Waals surface area contributed by atoms with Crippen molar-refractivity contribution in [2.45, 2.75) is 13.0 Å². The molecule has 0 aliphatic carbocycles. The fraction of sp³-hybridized carbons (Fsp3) is 0.312. The van der Waals surface area contributed by atoms with Gasteiger partial charge in [-0.1, -0.05) is 12.1 Å². The molecule has 2 N–H and O–H groups in total. The summed E-state index contributed by atoms with van der Waals surface area (Å²) in [5.74, 6) is 1.80. The zero-order chi connectivity index (χ0) is 15.8. The normalized spacial score (nSPS) is 18.5. The van der Waals surface area contributed by atoms with Crippen LogP contribution in [-0.4, -0.2) is 45.3 Å². The lowest BCUT2D eigenvalue weighted by Gasteiger charge is -2.34. The maximum absolute atomic E-state index is 6.02. The van der Waals surface area contributed by atoms with Gasteiger partial charge in [-0.3, -0.25) is 4.57 Å². The van der Waals surface area contributed by atoms with Crippen LogP contribution in [0.15, 0.2) is 36.7 Å². The van der Waals surface area contributed by atoms with Gasteiger partial charge in [0.2, 0.25) is 5.95 Å². The van der Waals surface area contributed by atoms with Crippen molar-refractivity contribution in [2.75, 3.05) is 30.4 Å². The molecule has 1 aliphatic rings. The van der Waals surface area contributed by atoms with Gasteiger partial charge in [-0.05, 0) is 19.1 Å². The summed E-state index contributed by atoms with van der Waals surface area (Å²) in [7, 11) is 0. The van der Waals surface area contributed by atoms with Crippen molar-refractivity contribution in [3.05, 3.63) is 36.7 Å². The van der Waals surface area contributed by atoms with Gasteiger partial charge >= 0.3 is 0 Å². The first kappa shape index (κ1) is 14.0. The van der Waals surface area contributed by atoms with E-state index in [1.54, 1.807) is 6.33 Å². The highest BCUT2D eigenvalue weighted by Gasteiger charge is 2.21. The lowest BCUT2D eigenvalue weighted by molar-refractivity contribution is 0.0985. The van der Waals surface area contributed by atoms with Crippen molar-refractivity contribution in [1.29, 1.82) is 0 Å². The van der Waals surface area contributed by atoms with Gasteiger partial charge in [-0.2, -0.15) is 9.97 Å². The first-order valence-corrected chi connectivity index (χ1v) is 7.64. The third-order valence-corrected chi connectivity index (χ3v) is 4.05. The van der Waals surface area contributed by atoms with Gasteiger partial charge in [-0.25, -0.2) is 4.98 Å². The molecule has 7 nitrogen and oxygen atoms in total. The number of nitrogens with two attached hydrogens (primary N) is 1. The summed E-state index contributed by atoms with van der Waals surface area (Å²) in [6.45, 7) is 4.29. The smallest absolute Gasteiger partial charge is 0.239 e. The fourth-order valence-corrected chi connectivity index (χ4v) is 2.88. The number of aromatic nitrogens is 4. The SMILES string of the molecule is CC1COCCN1c1cc(N)nc(-n2cnc3ccccc32)n1. The molecule has 1 aliphatic heterocycles. The van der Waals surface area contributed by atoms with Crippen LogP contribution in [0.25, 0.3) is 17.0 Å². The lowest BCUT2D eigenvalue weighted by Crippen LogP contribution is -2.44. The quantitative estimate of drug-likeness (QED) is 0.774. The summed E-state index contributed by atoms with van der Waals surface area (Å²) < 4.78 is 7.35. The van der Waals surface area contributed by atoms with E-state index in [1.807, 2.05) is 34.9 Å². The number of morpholine rings is 1. The van der Waals surface area contributed by atoms with Gasteiger partial charge in [0.25, 0.3) is 0 Å². The molecule has 4 rings (SSSR count). The first-order chi connectivity index (χ1) is 11.2. The number of fused-ring (bicyclic) bond motifs is 1. The van der Waals surface area contributed by atoms with E-state index in [0.29, 0.717) is 25.0 Å². The molecule has 1 atom stereocenters. The van der Waals surface area contributed by atoms with E-state index in [0.717, 1.165) is 23.4 Å². The van der Waals surface area contributed by atoms with E-state index < -0.39 is 0 Å². The second-order valence-electron chi connectivity index (χ2n) is 5.67. The van der Waals surface area contributed by atoms with E-state index in [-0.39, 0.29) is 6.04 Å². The summed E-state index contributed by atoms with van der Waals surface area (Å²) >= 11 is 0. The van der Waals surface area contributed by atoms with E-state index in [9.17, 15) is 0 Å². The van der Waals surface area contributed by atoms with Crippen molar-refractivity contribution >= 4 is 22.7 Å². The largest absolute Gasteiger partial charge is 0.383 e. The molecule has 0 spiro atoms. The van der Waals surface area contributed by atoms with Gasteiger partial charge in [-0.15, -0.1) is 0 Å². The van der Waals surface area contributed by atoms with Crippen LogP contribution in [0.2, 0.25) is 0 Å². The third kappa shape index (κ3) is 2.49. The second kappa shape index (κ2) is 5.51. The average Bonchev–Trinajstić information content (AvgIpc) is 2.99. The predicted octanol–water partition coefficient (Wildman–Crippen LogP) is 1.62. The third-order valence-electron chi connectivity index (χ3n) is 4.05. The van der Waals surface area contributed by atoms with Crippen LogP contribution in [0.5, 0.6) is 0 Å². The standard InChI is InChI=1S/C16H18N6O/c1-11-9-23-7-6-21(11)15-8-14(17)19-16(20-15)22-10-18-12-4-2-3-5-13(12)22/h2-5,8,10-11H,6-7,9H2,1H3,(H2,17,19,20). The van der Waals surface area contributed by atoms with E-state index in [2.05, 4.69) is 21.8 Å². The van der Waals surface area contributed by atoms with Crippen molar-refractivity contribution in [3.8, 4) is 5.95 Å². The zero-order valence-electron chi connectivity index (χ0n) is 12.9. The number of anilines is 2. The number of hydrogen-bond acceptors (Lipinski definition) is 6. The Labute approximate surface area is 133 Å². The molecular formula is C16H18N6O. The molecule has 3 heterocycles. The number of imidazole rings is 1. The van der Waals surface area contributed by atoms with Gasteiger partial charge in [0.05, 0.1) is 30.3 Å².